The van der Waals surface area contributed by atoms with Crippen molar-refractivity contribution in [2.45, 2.75) is 52.6 Å². The van der Waals surface area contributed by atoms with E-state index in [1.165, 1.54) is 45.8 Å². The van der Waals surface area contributed by atoms with E-state index >= 15 is 0 Å². The molecule has 3 heteroatoms. The first-order valence-electron chi connectivity index (χ1n) is 8.85. The van der Waals surface area contributed by atoms with Crippen molar-refractivity contribution in [2.75, 3.05) is 45.8 Å². The molecule has 2 unspecified atom stereocenters. The minimum absolute atomic E-state index is 0.357. The molecule has 3 aliphatic heterocycles. The van der Waals surface area contributed by atoms with Gasteiger partial charge >= 0.3 is 0 Å². The SMILES string of the molecule is CC(C)(C)N1CC(CN2CC3CN(C(C)(C)C)CC3C2)C1. The van der Waals surface area contributed by atoms with Gasteiger partial charge in [0.2, 0.25) is 0 Å². The van der Waals surface area contributed by atoms with Gasteiger partial charge in [-0.05, 0) is 59.3 Å². The van der Waals surface area contributed by atoms with Gasteiger partial charge in [-0.2, -0.15) is 0 Å². The molecule has 3 rings (SSSR count). The van der Waals surface area contributed by atoms with Crippen molar-refractivity contribution in [2.24, 2.45) is 17.8 Å². The fourth-order valence-corrected chi connectivity index (χ4v) is 4.39. The third kappa shape index (κ3) is 3.30. The van der Waals surface area contributed by atoms with Gasteiger partial charge in [-0.3, -0.25) is 9.80 Å². The molecule has 3 aliphatic rings. The van der Waals surface area contributed by atoms with Crippen molar-refractivity contribution in [3.63, 3.8) is 0 Å². The predicted octanol–water partition coefficient (Wildman–Crippen LogP) is 2.38. The molecule has 3 heterocycles. The normalized spacial score (nSPS) is 33.4. The lowest BCUT2D eigenvalue weighted by atomic mass is 9.92. The Bertz CT molecular complexity index is 356. The highest BCUT2D eigenvalue weighted by Crippen LogP contribution is 2.35. The summed E-state index contributed by atoms with van der Waals surface area (Å²) in [6, 6.07) is 0. The van der Waals surface area contributed by atoms with E-state index in [1.54, 1.807) is 0 Å². The van der Waals surface area contributed by atoms with Gasteiger partial charge in [0, 0.05) is 56.9 Å². The fourth-order valence-electron chi connectivity index (χ4n) is 4.39. The Morgan fingerprint density at radius 2 is 1.10 bits per heavy atom. The summed E-state index contributed by atoms with van der Waals surface area (Å²) < 4.78 is 0. The van der Waals surface area contributed by atoms with Gasteiger partial charge in [0.1, 0.15) is 0 Å². The van der Waals surface area contributed by atoms with E-state index < -0.39 is 0 Å². The Balaban J connectivity index is 1.43. The molecule has 0 aromatic rings. The average molecular weight is 293 g/mol. The van der Waals surface area contributed by atoms with Gasteiger partial charge in [-0.25, -0.2) is 0 Å². The van der Waals surface area contributed by atoms with Crippen molar-refractivity contribution in [1.29, 1.82) is 0 Å². The predicted molar refractivity (Wildman–Crippen MR) is 89.6 cm³/mol. The zero-order valence-corrected chi connectivity index (χ0v) is 15.0. The number of hydrogen-bond acceptors (Lipinski definition) is 3. The standard InChI is InChI=1S/C18H35N3/c1-17(2,3)20-8-14(9-20)7-19-10-15-12-21(18(4,5)6)13-16(15)11-19/h14-16H,7-13H2,1-6H3. The van der Waals surface area contributed by atoms with Crippen LogP contribution in [0.5, 0.6) is 0 Å². The molecule has 0 aliphatic carbocycles. The maximum atomic E-state index is 2.76. The molecule has 0 radical (unpaired) electrons. The number of nitrogens with zero attached hydrogens (tertiary/aromatic N) is 3. The zero-order chi connectivity index (χ0) is 15.4. The van der Waals surface area contributed by atoms with E-state index in [2.05, 4.69) is 56.2 Å². The van der Waals surface area contributed by atoms with E-state index in [9.17, 15) is 0 Å². The Morgan fingerprint density at radius 1 is 0.667 bits per heavy atom. The summed E-state index contributed by atoms with van der Waals surface area (Å²) in [6.45, 7) is 23.4. The monoisotopic (exact) mass is 293 g/mol. The lowest BCUT2D eigenvalue weighted by Crippen LogP contribution is -2.58. The second kappa shape index (κ2) is 5.21. The van der Waals surface area contributed by atoms with Crippen molar-refractivity contribution in [1.82, 2.24) is 14.7 Å². The first-order chi connectivity index (χ1) is 9.63. The highest BCUT2D eigenvalue weighted by atomic mass is 15.3. The van der Waals surface area contributed by atoms with E-state index in [0.717, 1.165) is 17.8 Å². The number of rotatable bonds is 2. The third-order valence-electron chi connectivity index (χ3n) is 5.93. The maximum Gasteiger partial charge on any atom is 0.0125 e. The largest absolute Gasteiger partial charge is 0.302 e. The van der Waals surface area contributed by atoms with Gasteiger partial charge < -0.3 is 4.90 Å². The third-order valence-corrected chi connectivity index (χ3v) is 5.93. The van der Waals surface area contributed by atoms with E-state index in [0.29, 0.717) is 11.1 Å². The molecule has 0 amide bonds. The zero-order valence-electron chi connectivity index (χ0n) is 15.0. The minimum atomic E-state index is 0.357. The molecule has 0 saturated carbocycles. The molecular weight excluding hydrogens is 258 g/mol. The molecule has 0 spiro atoms. The van der Waals surface area contributed by atoms with Crippen LogP contribution in [0.15, 0.2) is 0 Å². The highest BCUT2D eigenvalue weighted by Gasteiger charge is 2.44. The van der Waals surface area contributed by atoms with Crippen LogP contribution in [0, 0.1) is 17.8 Å². The van der Waals surface area contributed by atoms with Gasteiger partial charge in [0.25, 0.3) is 0 Å². The van der Waals surface area contributed by atoms with Crippen molar-refractivity contribution < 1.29 is 0 Å². The Hall–Kier alpha value is -0.120. The first kappa shape index (κ1) is 15.8. The molecule has 3 saturated heterocycles. The second-order valence-electron chi connectivity index (χ2n) is 9.76. The summed E-state index contributed by atoms with van der Waals surface area (Å²) in [5, 5.41) is 0. The van der Waals surface area contributed by atoms with Crippen LogP contribution in [0.25, 0.3) is 0 Å². The van der Waals surface area contributed by atoms with Crippen LogP contribution in [0.1, 0.15) is 41.5 Å². The van der Waals surface area contributed by atoms with Gasteiger partial charge in [0.05, 0.1) is 0 Å². The molecule has 3 fully saturated rings. The van der Waals surface area contributed by atoms with Crippen molar-refractivity contribution in [3.8, 4) is 0 Å². The Labute approximate surface area is 131 Å². The van der Waals surface area contributed by atoms with E-state index in [1.807, 2.05) is 0 Å². The van der Waals surface area contributed by atoms with Crippen molar-refractivity contribution in [3.05, 3.63) is 0 Å². The van der Waals surface area contributed by atoms with Gasteiger partial charge in [-0.15, -0.1) is 0 Å². The minimum Gasteiger partial charge on any atom is -0.302 e. The highest BCUT2D eigenvalue weighted by molar-refractivity contribution is 4.98. The lowest BCUT2D eigenvalue weighted by Gasteiger charge is -2.48. The average Bonchev–Trinajstić information content (AvgIpc) is 2.76. The quantitative estimate of drug-likeness (QED) is 0.774. The molecule has 0 bridgehead atoms. The number of hydrogen-bond donors (Lipinski definition) is 0. The Morgan fingerprint density at radius 3 is 1.52 bits per heavy atom. The van der Waals surface area contributed by atoms with E-state index in [-0.39, 0.29) is 0 Å². The Kier molecular flexibility index (Phi) is 3.91. The van der Waals surface area contributed by atoms with Gasteiger partial charge in [0.15, 0.2) is 0 Å². The molecule has 2 atom stereocenters. The lowest BCUT2D eigenvalue weighted by molar-refractivity contribution is -0.000572. The van der Waals surface area contributed by atoms with Gasteiger partial charge in [-0.1, -0.05) is 0 Å². The van der Waals surface area contributed by atoms with Crippen LogP contribution in [0.2, 0.25) is 0 Å². The topological polar surface area (TPSA) is 9.72 Å². The summed E-state index contributed by atoms with van der Waals surface area (Å²) in [4.78, 5) is 8.08. The number of fused-ring (bicyclic) bond motifs is 1. The van der Waals surface area contributed by atoms with Crippen LogP contribution in [0.4, 0.5) is 0 Å². The summed E-state index contributed by atoms with van der Waals surface area (Å²) in [5.74, 6) is 2.79. The molecule has 0 N–H and O–H groups in total. The molecule has 0 aromatic heterocycles. The smallest absolute Gasteiger partial charge is 0.0125 e. The van der Waals surface area contributed by atoms with Crippen LogP contribution < -0.4 is 0 Å². The first-order valence-corrected chi connectivity index (χ1v) is 8.85. The fraction of sp³-hybridized carbons (Fsp3) is 1.00. The number of likely N-dealkylation sites (tertiary alicyclic amines) is 3. The maximum absolute atomic E-state index is 2.76. The van der Waals surface area contributed by atoms with Crippen LogP contribution >= 0.6 is 0 Å². The van der Waals surface area contributed by atoms with Crippen LogP contribution in [-0.4, -0.2) is 71.6 Å². The summed E-state index contributed by atoms with van der Waals surface area (Å²) >= 11 is 0. The molecular formula is C18H35N3. The molecule has 3 nitrogen and oxygen atoms in total. The van der Waals surface area contributed by atoms with Crippen LogP contribution in [0.3, 0.4) is 0 Å². The molecule has 122 valence electrons. The summed E-state index contributed by atoms with van der Waals surface area (Å²) in [5.41, 5.74) is 0.724. The summed E-state index contributed by atoms with van der Waals surface area (Å²) in [7, 11) is 0. The molecule has 0 aromatic carbocycles. The second-order valence-corrected chi connectivity index (χ2v) is 9.76. The van der Waals surface area contributed by atoms with Crippen molar-refractivity contribution >= 4 is 0 Å². The van der Waals surface area contributed by atoms with E-state index in [4.69, 9.17) is 0 Å². The summed E-state index contributed by atoms with van der Waals surface area (Å²) in [6.07, 6.45) is 0. The van der Waals surface area contributed by atoms with Crippen LogP contribution in [-0.2, 0) is 0 Å². The molecule has 21 heavy (non-hydrogen) atoms.